The van der Waals surface area contributed by atoms with Gasteiger partial charge in [0.25, 0.3) is 5.91 Å². The quantitative estimate of drug-likeness (QED) is 0.119. The molecule has 2 heterocycles. The number of benzene rings is 3. The van der Waals surface area contributed by atoms with Gasteiger partial charge in [-0.15, -0.1) is 0 Å². The average molecular weight is 731 g/mol. The normalized spacial score (nSPS) is 12.8. The lowest BCUT2D eigenvalue weighted by Gasteiger charge is -2.31. The van der Waals surface area contributed by atoms with E-state index in [1.54, 1.807) is 48.9 Å². The number of aromatic nitrogens is 3. The summed E-state index contributed by atoms with van der Waals surface area (Å²) in [6.07, 6.45) is 3.25. The molecule has 0 spiro atoms. The van der Waals surface area contributed by atoms with Crippen LogP contribution in [0.15, 0.2) is 102 Å². The van der Waals surface area contributed by atoms with Crippen LogP contribution >= 0.6 is 0 Å². The Morgan fingerprint density at radius 3 is 2.35 bits per heavy atom. The van der Waals surface area contributed by atoms with Crippen LogP contribution in [-0.4, -0.2) is 71.0 Å². The number of nitrogens with zero attached hydrogens (tertiary/aromatic N) is 4. The smallest absolute Gasteiger partial charge is 0.251 e. The Morgan fingerprint density at radius 2 is 1.69 bits per heavy atom. The van der Waals surface area contributed by atoms with Gasteiger partial charge in [0.05, 0.1) is 29.8 Å². The lowest BCUT2D eigenvalue weighted by atomic mass is 9.99. The Hall–Kier alpha value is -5.31. The minimum atomic E-state index is -4.12. The molecule has 0 aliphatic heterocycles. The van der Waals surface area contributed by atoms with Crippen LogP contribution in [0, 0.1) is 24.5 Å². The van der Waals surface area contributed by atoms with Crippen LogP contribution < -0.4 is 15.4 Å². The summed E-state index contributed by atoms with van der Waals surface area (Å²) in [7, 11) is -2.65. The van der Waals surface area contributed by atoms with Crippen molar-refractivity contribution < 1.29 is 31.8 Å². The first-order valence-electron chi connectivity index (χ1n) is 16.5. The SMILES string of the molecule is COc1ccc(S(=O)(=O)N(CC(C)C)C[C@@H](O)[C@H](Cc2cc(F)cc(F)c2)NC(=O)c2ccc(C)c(Nc3nccc(-c4cccnc4)n3)c2)cc1. The first-order chi connectivity index (χ1) is 24.8. The Bertz CT molecular complexity index is 2080. The molecule has 3 aromatic carbocycles. The summed E-state index contributed by atoms with van der Waals surface area (Å²) in [6.45, 7) is 5.15. The minimum Gasteiger partial charge on any atom is -0.497 e. The fourth-order valence-corrected chi connectivity index (χ4v) is 7.16. The number of hydrogen-bond acceptors (Lipinski definition) is 9. The third-order valence-corrected chi connectivity index (χ3v) is 10.0. The van der Waals surface area contributed by atoms with Gasteiger partial charge in [0.15, 0.2) is 0 Å². The van der Waals surface area contributed by atoms with Gasteiger partial charge in [-0.2, -0.15) is 4.31 Å². The van der Waals surface area contributed by atoms with E-state index in [1.165, 1.54) is 31.4 Å². The first-order valence-corrected chi connectivity index (χ1v) is 18.0. The van der Waals surface area contributed by atoms with Crippen molar-refractivity contribution in [3.8, 4) is 17.0 Å². The van der Waals surface area contributed by atoms with E-state index in [4.69, 9.17) is 4.74 Å². The van der Waals surface area contributed by atoms with Crippen LogP contribution in [-0.2, 0) is 16.4 Å². The largest absolute Gasteiger partial charge is 0.497 e. The second-order valence-electron chi connectivity index (χ2n) is 12.7. The highest BCUT2D eigenvalue weighted by Gasteiger charge is 2.32. The molecule has 0 saturated heterocycles. The highest BCUT2D eigenvalue weighted by atomic mass is 32.2. The van der Waals surface area contributed by atoms with Gasteiger partial charge in [-0.05, 0) is 97.1 Å². The van der Waals surface area contributed by atoms with Crippen molar-refractivity contribution in [2.45, 2.75) is 44.2 Å². The number of methoxy groups -OCH3 is 1. The molecule has 5 rings (SSSR count). The second kappa shape index (κ2) is 16.8. The van der Waals surface area contributed by atoms with Gasteiger partial charge in [-0.1, -0.05) is 19.9 Å². The van der Waals surface area contributed by atoms with Gasteiger partial charge in [-0.25, -0.2) is 27.2 Å². The Kier molecular flexibility index (Phi) is 12.3. The van der Waals surface area contributed by atoms with E-state index in [0.717, 1.165) is 33.6 Å². The van der Waals surface area contributed by atoms with E-state index in [0.29, 0.717) is 17.1 Å². The second-order valence-corrected chi connectivity index (χ2v) is 14.6. The van der Waals surface area contributed by atoms with Crippen molar-refractivity contribution >= 4 is 27.6 Å². The Labute approximate surface area is 301 Å². The van der Waals surface area contributed by atoms with Crippen molar-refractivity contribution in [1.29, 1.82) is 0 Å². The van der Waals surface area contributed by atoms with Crippen molar-refractivity contribution in [3.05, 3.63) is 126 Å². The predicted molar refractivity (Wildman–Crippen MR) is 194 cm³/mol. The standard InChI is InChI=1S/C38H40F2N6O5S/c1-24(2)22-46(52(49,50)32-11-9-31(51-4)10-12-32)23-36(47)35(18-26-16-29(39)20-30(40)17-26)43-37(48)27-8-7-25(3)34(19-27)45-38-42-15-13-33(44-38)28-6-5-14-41-21-28/h5-17,19-21,24,35-36,47H,18,22-23H2,1-4H3,(H,43,48)(H,42,44,45)/t35-,36+/m0/s1. The molecule has 0 unspecified atom stereocenters. The van der Waals surface area contributed by atoms with Crippen molar-refractivity contribution in [3.63, 3.8) is 0 Å². The zero-order valence-corrected chi connectivity index (χ0v) is 29.9. The molecule has 14 heteroatoms. The van der Waals surface area contributed by atoms with Crippen LogP contribution in [0.25, 0.3) is 11.3 Å². The lowest BCUT2D eigenvalue weighted by Crippen LogP contribution is -2.51. The van der Waals surface area contributed by atoms with Gasteiger partial charge in [0, 0.05) is 54.6 Å². The number of aliphatic hydroxyl groups is 1. The molecule has 3 N–H and O–H groups in total. The molecule has 11 nitrogen and oxygen atoms in total. The predicted octanol–water partition coefficient (Wildman–Crippen LogP) is 5.93. The molecule has 0 aliphatic carbocycles. The minimum absolute atomic E-state index is 0.0106. The van der Waals surface area contributed by atoms with Crippen LogP contribution in [0.1, 0.15) is 35.3 Å². The maximum absolute atomic E-state index is 14.2. The number of pyridine rings is 1. The van der Waals surface area contributed by atoms with Gasteiger partial charge in [0.2, 0.25) is 16.0 Å². The number of ether oxygens (including phenoxy) is 1. The molecule has 2 aromatic heterocycles. The monoisotopic (exact) mass is 730 g/mol. The summed E-state index contributed by atoms with van der Waals surface area (Å²) in [5.41, 5.74) is 3.12. The van der Waals surface area contributed by atoms with Crippen molar-refractivity contribution in [1.82, 2.24) is 24.6 Å². The summed E-state index contributed by atoms with van der Waals surface area (Å²) in [6, 6.07) is 17.9. The maximum Gasteiger partial charge on any atom is 0.251 e. The number of aryl methyl sites for hydroxylation is 1. The Morgan fingerprint density at radius 1 is 0.962 bits per heavy atom. The number of hydrogen-bond donors (Lipinski definition) is 3. The molecule has 5 aromatic rings. The maximum atomic E-state index is 14.2. The van der Waals surface area contributed by atoms with Crippen LogP contribution in [0.5, 0.6) is 5.75 Å². The third-order valence-electron chi connectivity index (χ3n) is 8.17. The molecule has 0 fully saturated rings. The molecular weight excluding hydrogens is 691 g/mol. The number of rotatable bonds is 15. The van der Waals surface area contributed by atoms with E-state index < -0.39 is 46.3 Å². The summed E-state index contributed by atoms with van der Waals surface area (Å²) in [4.78, 5) is 26.8. The molecule has 0 saturated carbocycles. The van der Waals surface area contributed by atoms with Gasteiger partial charge in [-0.3, -0.25) is 9.78 Å². The number of amides is 1. The zero-order chi connectivity index (χ0) is 37.4. The zero-order valence-electron chi connectivity index (χ0n) is 29.1. The van der Waals surface area contributed by atoms with Gasteiger partial charge < -0.3 is 20.5 Å². The molecule has 272 valence electrons. The summed E-state index contributed by atoms with van der Waals surface area (Å²) >= 11 is 0. The molecule has 0 aliphatic rings. The fraction of sp³-hybridized carbons (Fsp3) is 0.263. The topological polar surface area (TPSA) is 147 Å². The summed E-state index contributed by atoms with van der Waals surface area (Å²) in [5, 5.41) is 17.6. The van der Waals surface area contributed by atoms with Gasteiger partial charge in [0.1, 0.15) is 17.4 Å². The van der Waals surface area contributed by atoms with Crippen LogP contribution in [0.4, 0.5) is 20.4 Å². The van der Waals surface area contributed by atoms with Gasteiger partial charge >= 0.3 is 0 Å². The van der Waals surface area contributed by atoms with E-state index in [2.05, 4.69) is 25.6 Å². The number of sulfonamides is 1. The highest BCUT2D eigenvalue weighted by Crippen LogP contribution is 2.24. The van der Waals surface area contributed by atoms with Crippen LogP contribution in [0.3, 0.4) is 0 Å². The fourth-order valence-electron chi connectivity index (χ4n) is 5.54. The molecule has 2 atom stereocenters. The van der Waals surface area contributed by atoms with E-state index in [-0.39, 0.29) is 40.9 Å². The summed E-state index contributed by atoms with van der Waals surface area (Å²) in [5.74, 6) is -1.64. The number of anilines is 2. The van der Waals surface area contributed by atoms with Crippen LogP contribution in [0.2, 0.25) is 0 Å². The highest BCUT2D eigenvalue weighted by molar-refractivity contribution is 7.89. The number of nitrogens with one attached hydrogen (secondary N) is 2. The number of carbonyl (C=O) groups is 1. The van der Waals surface area contributed by atoms with Crippen molar-refractivity contribution in [2.75, 3.05) is 25.5 Å². The Balaban J connectivity index is 1.41. The number of aliphatic hydroxyl groups excluding tert-OH is 1. The van der Waals surface area contributed by atoms with E-state index in [9.17, 15) is 27.1 Å². The molecule has 1 amide bonds. The molecule has 0 bridgehead atoms. The first kappa shape index (κ1) is 37.9. The number of carbonyl (C=O) groups excluding carboxylic acids is 1. The number of halogens is 2. The lowest BCUT2D eigenvalue weighted by molar-refractivity contribution is 0.0775. The molecule has 52 heavy (non-hydrogen) atoms. The van der Waals surface area contributed by atoms with E-state index >= 15 is 0 Å². The molecule has 0 radical (unpaired) electrons. The van der Waals surface area contributed by atoms with E-state index in [1.807, 2.05) is 26.8 Å². The molecular formula is C38H40F2N6O5S. The average Bonchev–Trinajstić information content (AvgIpc) is 3.11. The van der Waals surface area contributed by atoms with Crippen molar-refractivity contribution in [2.24, 2.45) is 5.92 Å². The summed E-state index contributed by atoms with van der Waals surface area (Å²) < 4.78 is 62.4. The third kappa shape index (κ3) is 9.72.